The number of hydrogen-bond acceptors (Lipinski definition) is 4. The SMILES string of the molecule is CCO[Si](C)(OCC)OCCC(=O)c1ccccc1. The third-order valence-electron chi connectivity index (χ3n) is 2.60. The Labute approximate surface area is 116 Å². The summed E-state index contributed by atoms with van der Waals surface area (Å²) >= 11 is 0. The highest BCUT2D eigenvalue weighted by Crippen LogP contribution is 2.11. The lowest BCUT2D eigenvalue weighted by Crippen LogP contribution is -2.43. The van der Waals surface area contributed by atoms with Crippen molar-refractivity contribution in [1.29, 1.82) is 0 Å². The molecule has 1 aromatic carbocycles. The molecule has 0 aliphatic heterocycles. The number of hydrogen-bond donors (Lipinski definition) is 0. The third-order valence-corrected chi connectivity index (χ3v) is 4.96. The first-order chi connectivity index (χ1) is 9.11. The van der Waals surface area contributed by atoms with E-state index in [0.29, 0.717) is 31.8 Å². The Bertz CT molecular complexity index is 374. The quantitative estimate of drug-likeness (QED) is 0.516. The van der Waals surface area contributed by atoms with Gasteiger partial charge in [-0.25, -0.2) is 0 Å². The van der Waals surface area contributed by atoms with Gasteiger partial charge in [-0.05, 0) is 13.8 Å². The molecule has 5 heteroatoms. The van der Waals surface area contributed by atoms with Crippen LogP contribution in [0.15, 0.2) is 30.3 Å². The van der Waals surface area contributed by atoms with E-state index in [1.54, 1.807) is 0 Å². The summed E-state index contributed by atoms with van der Waals surface area (Å²) in [6, 6.07) is 9.22. The lowest BCUT2D eigenvalue weighted by molar-refractivity contribution is 0.0691. The first-order valence-corrected chi connectivity index (χ1v) is 8.84. The van der Waals surface area contributed by atoms with Crippen LogP contribution in [0.5, 0.6) is 0 Å². The molecule has 0 amide bonds. The van der Waals surface area contributed by atoms with Crippen LogP contribution in [-0.2, 0) is 13.3 Å². The number of Topliss-reactive ketones (excluding diaryl/α,β-unsaturated/α-hetero) is 1. The van der Waals surface area contributed by atoms with Crippen LogP contribution in [0.25, 0.3) is 0 Å². The van der Waals surface area contributed by atoms with Crippen LogP contribution in [0.1, 0.15) is 30.6 Å². The van der Waals surface area contributed by atoms with Crippen molar-refractivity contribution in [2.75, 3.05) is 19.8 Å². The van der Waals surface area contributed by atoms with Crippen LogP contribution < -0.4 is 0 Å². The van der Waals surface area contributed by atoms with Gasteiger partial charge < -0.3 is 13.3 Å². The third kappa shape index (κ3) is 5.65. The summed E-state index contributed by atoms with van der Waals surface area (Å²) in [4.78, 5) is 11.9. The standard InChI is InChI=1S/C14H22O4Si/c1-4-16-19(3,17-5-2)18-12-11-14(15)13-9-7-6-8-10-13/h6-10H,4-5,11-12H2,1-3H3. The fraction of sp³-hybridized carbons (Fsp3) is 0.500. The molecule has 0 aliphatic rings. The molecular formula is C14H22O4Si. The molecule has 0 radical (unpaired) electrons. The maximum atomic E-state index is 11.9. The van der Waals surface area contributed by atoms with Crippen molar-refractivity contribution in [3.05, 3.63) is 35.9 Å². The monoisotopic (exact) mass is 282 g/mol. The number of carbonyl (C=O) groups is 1. The predicted molar refractivity (Wildman–Crippen MR) is 76.2 cm³/mol. The van der Waals surface area contributed by atoms with Gasteiger partial charge >= 0.3 is 8.80 Å². The van der Waals surface area contributed by atoms with Crippen molar-refractivity contribution in [2.24, 2.45) is 0 Å². The molecule has 0 atom stereocenters. The zero-order valence-corrected chi connectivity index (χ0v) is 12.8. The van der Waals surface area contributed by atoms with Gasteiger partial charge in [0, 0.05) is 38.4 Å². The van der Waals surface area contributed by atoms with Crippen molar-refractivity contribution in [3.63, 3.8) is 0 Å². The van der Waals surface area contributed by atoms with Gasteiger partial charge in [0.2, 0.25) is 0 Å². The van der Waals surface area contributed by atoms with Gasteiger partial charge in [-0.1, -0.05) is 30.3 Å². The molecule has 0 bridgehead atoms. The molecule has 0 saturated heterocycles. The van der Waals surface area contributed by atoms with Crippen molar-refractivity contribution in [3.8, 4) is 0 Å². The fourth-order valence-electron chi connectivity index (χ4n) is 1.75. The summed E-state index contributed by atoms with van der Waals surface area (Å²) in [7, 11) is -2.57. The molecule has 0 heterocycles. The van der Waals surface area contributed by atoms with E-state index in [0.717, 1.165) is 0 Å². The van der Waals surface area contributed by atoms with Crippen LogP contribution >= 0.6 is 0 Å². The molecule has 0 unspecified atom stereocenters. The molecule has 106 valence electrons. The van der Waals surface area contributed by atoms with Gasteiger partial charge in [-0.15, -0.1) is 0 Å². The average Bonchev–Trinajstić information content (AvgIpc) is 2.40. The smallest absolute Gasteiger partial charge is 0.374 e. The highest BCUT2D eigenvalue weighted by molar-refractivity contribution is 6.59. The van der Waals surface area contributed by atoms with Crippen molar-refractivity contribution >= 4 is 14.6 Å². The second-order valence-electron chi connectivity index (χ2n) is 4.12. The van der Waals surface area contributed by atoms with Crippen LogP contribution in [-0.4, -0.2) is 34.4 Å². The van der Waals surface area contributed by atoms with Crippen LogP contribution in [0.2, 0.25) is 6.55 Å². The first kappa shape index (κ1) is 16.0. The molecule has 0 aromatic heterocycles. The van der Waals surface area contributed by atoms with E-state index < -0.39 is 8.80 Å². The van der Waals surface area contributed by atoms with Gasteiger partial charge in [-0.2, -0.15) is 0 Å². The summed E-state index contributed by atoms with van der Waals surface area (Å²) in [6.45, 7) is 7.10. The van der Waals surface area contributed by atoms with E-state index in [1.807, 2.05) is 50.7 Å². The van der Waals surface area contributed by atoms with E-state index in [-0.39, 0.29) is 5.78 Å². The lowest BCUT2D eigenvalue weighted by atomic mass is 10.1. The molecule has 0 N–H and O–H groups in total. The molecule has 0 fully saturated rings. The van der Waals surface area contributed by atoms with Crippen LogP contribution in [0.3, 0.4) is 0 Å². The zero-order valence-electron chi connectivity index (χ0n) is 11.8. The van der Waals surface area contributed by atoms with Gasteiger partial charge in [-0.3, -0.25) is 4.79 Å². The summed E-state index contributed by atoms with van der Waals surface area (Å²) < 4.78 is 16.8. The molecule has 19 heavy (non-hydrogen) atoms. The van der Waals surface area contributed by atoms with E-state index in [4.69, 9.17) is 13.3 Å². The minimum Gasteiger partial charge on any atom is -0.374 e. The highest BCUT2D eigenvalue weighted by Gasteiger charge is 2.33. The Morgan fingerprint density at radius 2 is 1.63 bits per heavy atom. The van der Waals surface area contributed by atoms with Gasteiger partial charge in [0.1, 0.15) is 0 Å². The average molecular weight is 282 g/mol. The second-order valence-corrected chi connectivity index (χ2v) is 6.71. The summed E-state index contributed by atoms with van der Waals surface area (Å²) in [6.07, 6.45) is 0.340. The van der Waals surface area contributed by atoms with Crippen LogP contribution in [0.4, 0.5) is 0 Å². The molecule has 0 aliphatic carbocycles. The van der Waals surface area contributed by atoms with E-state index in [9.17, 15) is 4.79 Å². The Balaban J connectivity index is 2.42. The van der Waals surface area contributed by atoms with Crippen LogP contribution in [0, 0.1) is 0 Å². The van der Waals surface area contributed by atoms with Gasteiger partial charge in [0.15, 0.2) is 5.78 Å². The van der Waals surface area contributed by atoms with Crippen molar-refractivity contribution in [1.82, 2.24) is 0 Å². The molecule has 0 spiro atoms. The number of benzene rings is 1. The van der Waals surface area contributed by atoms with Gasteiger partial charge in [0.25, 0.3) is 0 Å². The van der Waals surface area contributed by atoms with E-state index in [1.165, 1.54) is 0 Å². The van der Waals surface area contributed by atoms with Gasteiger partial charge in [0.05, 0.1) is 0 Å². The maximum absolute atomic E-state index is 11.9. The molecule has 1 aromatic rings. The fourth-order valence-corrected chi connectivity index (χ4v) is 3.52. The Kier molecular flexibility index (Phi) is 6.94. The van der Waals surface area contributed by atoms with E-state index in [2.05, 4.69) is 0 Å². The highest BCUT2D eigenvalue weighted by atomic mass is 28.4. The number of rotatable bonds is 9. The van der Waals surface area contributed by atoms with Crippen molar-refractivity contribution < 1.29 is 18.1 Å². The minimum atomic E-state index is -2.57. The summed E-state index contributed by atoms with van der Waals surface area (Å²) in [5.41, 5.74) is 0.710. The Hall–Kier alpha value is -1.01. The normalized spacial score (nSPS) is 11.5. The summed E-state index contributed by atoms with van der Waals surface area (Å²) in [5.74, 6) is 0.0740. The number of carbonyl (C=O) groups excluding carboxylic acids is 1. The molecular weight excluding hydrogens is 260 g/mol. The van der Waals surface area contributed by atoms with E-state index >= 15 is 0 Å². The molecule has 1 rings (SSSR count). The second kappa shape index (κ2) is 8.22. The topological polar surface area (TPSA) is 44.8 Å². The van der Waals surface area contributed by atoms with Crippen molar-refractivity contribution in [2.45, 2.75) is 26.8 Å². The Morgan fingerprint density at radius 1 is 1.05 bits per heavy atom. The molecule has 0 saturated carbocycles. The largest absolute Gasteiger partial charge is 0.497 e. The number of ketones is 1. The maximum Gasteiger partial charge on any atom is 0.497 e. The summed E-state index contributed by atoms with van der Waals surface area (Å²) in [5, 5.41) is 0. The lowest BCUT2D eigenvalue weighted by Gasteiger charge is -2.24. The minimum absolute atomic E-state index is 0.0740. The predicted octanol–water partition coefficient (Wildman–Crippen LogP) is 2.92. The Morgan fingerprint density at radius 3 is 2.16 bits per heavy atom. The zero-order chi connectivity index (χ0) is 14.1. The molecule has 4 nitrogen and oxygen atoms in total. The first-order valence-electron chi connectivity index (χ1n) is 6.61.